The molecule has 0 radical (unpaired) electrons. The second-order valence-electron chi connectivity index (χ2n) is 1.40. The first-order chi connectivity index (χ1) is 3.39. The Labute approximate surface area is 42.3 Å². The van der Waals surface area contributed by atoms with Crippen LogP contribution in [-0.2, 0) is 0 Å². The van der Waals surface area contributed by atoms with Crippen LogP contribution in [0.4, 0.5) is 0 Å². The molecule has 0 unspecified atom stereocenters. The van der Waals surface area contributed by atoms with E-state index in [1.165, 1.54) is 6.34 Å². The Kier molecular flexibility index (Phi) is 1.06. The van der Waals surface area contributed by atoms with Crippen LogP contribution in [0.2, 0.25) is 0 Å². The largest absolute Gasteiger partial charge is 0.293 e. The summed E-state index contributed by atoms with van der Waals surface area (Å²) in [6, 6.07) is 0. The number of aliphatic imine (C=N–C) groups is 1. The van der Waals surface area contributed by atoms with Crippen LogP contribution in [0.3, 0.4) is 0 Å². The number of rotatable bonds is 0. The van der Waals surface area contributed by atoms with Crippen LogP contribution < -0.4 is 0 Å². The van der Waals surface area contributed by atoms with Crippen molar-refractivity contribution in [2.45, 2.75) is 0 Å². The molecule has 1 heterocycles. The third kappa shape index (κ3) is 0.994. The van der Waals surface area contributed by atoms with Gasteiger partial charge in [0.05, 0.1) is 6.54 Å². The first-order valence-electron chi connectivity index (χ1n) is 2.15. The van der Waals surface area contributed by atoms with Crippen LogP contribution in [0.1, 0.15) is 0 Å². The quantitative estimate of drug-likeness (QED) is 0.416. The van der Waals surface area contributed by atoms with Crippen LogP contribution in [-0.4, -0.2) is 31.2 Å². The Balaban J connectivity index is 2.49. The molecule has 0 fully saturated rings. The number of nitrogens with zero attached hydrogens (tertiary/aromatic N) is 3. The summed E-state index contributed by atoms with van der Waals surface area (Å²) in [4.78, 5) is 3.77. The van der Waals surface area contributed by atoms with Crippen LogP contribution in [0, 0.1) is 0 Å². The van der Waals surface area contributed by atoms with E-state index >= 15 is 0 Å². The normalized spacial score (nSPS) is 18.1. The van der Waals surface area contributed by atoms with Gasteiger partial charge in [0.2, 0.25) is 0 Å². The van der Waals surface area contributed by atoms with Crippen molar-refractivity contribution in [2.24, 2.45) is 10.1 Å². The summed E-state index contributed by atoms with van der Waals surface area (Å²) in [5.74, 6) is 0. The van der Waals surface area contributed by atoms with E-state index in [0.29, 0.717) is 0 Å². The Hall–Kier alpha value is -0.860. The summed E-state index contributed by atoms with van der Waals surface area (Å²) in [5, 5.41) is 5.65. The highest BCUT2D eigenvalue weighted by Crippen LogP contribution is 1.82. The van der Waals surface area contributed by atoms with Gasteiger partial charge in [0.25, 0.3) is 0 Å². The molecule has 0 bridgehead atoms. The highest BCUT2D eigenvalue weighted by molar-refractivity contribution is 5.74. The summed E-state index contributed by atoms with van der Waals surface area (Å²) in [6.45, 7) is 0.830. The Morgan fingerprint density at radius 3 is 2.86 bits per heavy atom. The average molecular weight is 97.1 g/mol. The van der Waals surface area contributed by atoms with Gasteiger partial charge in [-0.3, -0.25) is 5.01 Å². The molecule has 0 aliphatic carbocycles. The number of hydrazone groups is 1. The van der Waals surface area contributed by atoms with Gasteiger partial charge in [-0.05, 0) is 0 Å². The van der Waals surface area contributed by atoms with Crippen LogP contribution in [0.25, 0.3) is 0 Å². The second kappa shape index (κ2) is 1.73. The Bertz CT molecular complexity index is 106. The molecule has 0 saturated heterocycles. The fourth-order valence-electron chi connectivity index (χ4n) is 0.378. The molecule has 0 aromatic heterocycles. The highest BCUT2D eigenvalue weighted by Gasteiger charge is 1.88. The van der Waals surface area contributed by atoms with Crippen molar-refractivity contribution in [1.29, 1.82) is 0 Å². The van der Waals surface area contributed by atoms with Crippen molar-refractivity contribution in [2.75, 3.05) is 13.6 Å². The smallest absolute Gasteiger partial charge is 0.135 e. The molecule has 0 spiro atoms. The first-order valence-corrected chi connectivity index (χ1v) is 2.15. The predicted octanol–water partition coefficient (Wildman–Crippen LogP) is -0.0541. The Morgan fingerprint density at radius 2 is 2.57 bits per heavy atom. The molecule has 3 heteroatoms. The number of hydrogen-bond donors (Lipinski definition) is 0. The molecule has 3 nitrogen and oxygen atoms in total. The van der Waals surface area contributed by atoms with Gasteiger partial charge in [0.1, 0.15) is 6.34 Å². The zero-order valence-electron chi connectivity index (χ0n) is 4.20. The molecule has 1 rings (SSSR count). The average Bonchev–Trinajstić information content (AvgIpc) is 1.69. The lowest BCUT2D eigenvalue weighted by molar-refractivity contribution is 0.407. The van der Waals surface area contributed by atoms with Crippen molar-refractivity contribution in [1.82, 2.24) is 5.01 Å². The van der Waals surface area contributed by atoms with E-state index in [2.05, 4.69) is 10.1 Å². The number of hydrogen-bond acceptors (Lipinski definition) is 3. The van der Waals surface area contributed by atoms with Crippen molar-refractivity contribution >= 4 is 12.6 Å². The maximum atomic E-state index is 3.84. The molecule has 0 saturated carbocycles. The second-order valence-corrected chi connectivity index (χ2v) is 1.40. The fraction of sp³-hybridized carbons (Fsp3) is 0.500. The molecule has 0 amide bonds. The van der Waals surface area contributed by atoms with Crippen LogP contribution in [0.15, 0.2) is 10.1 Å². The van der Waals surface area contributed by atoms with Gasteiger partial charge >= 0.3 is 0 Å². The van der Waals surface area contributed by atoms with E-state index < -0.39 is 0 Å². The van der Waals surface area contributed by atoms with E-state index in [1.54, 1.807) is 0 Å². The zero-order chi connectivity index (χ0) is 5.11. The van der Waals surface area contributed by atoms with E-state index in [4.69, 9.17) is 0 Å². The summed E-state index contributed by atoms with van der Waals surface area (Å²) in [7, 11) is 1.90. The topological polar surface area (TPSA) is 28.0 Å². The molecule has 0 aromatic rings. The van der Waals surface area contributed by atoms with Gasteiger partial charge in [0, 0.05) is 13.3 Å². The SMILES string of the molecule is CN1CC=NC=N1. The van der Waals surface area contributed by atoms with Gasteiger partial charge in [-0.15, -0.1) is 0 Å². The van der Waals surface area contributed by atoms with E-state index in [-0.39, 0.29) is 0 Å². The summed E-state index contributed by atoms with van der Waals surface area (Å²) >= 11 is 0. The van der Waals surface area contributed by atoms with E-state index in [1.807, 2.05) is 18.3 Å². The van der Waals surface area contributed by atoms with Gasteiger partial charge < -0.3 is 0 Å². The van der Waals surface area contributed by atoms with Gasteiger partial charge in [-0.25, -0.2) is 4.99 Å². The molecule has 0 atom stereocenters. The van der Waals surface area contributed by atoms with Crippen molar-refractivity contribution in [3.8, 4) is 0 Å². The van der Waals surface area contributed by atoms with Gasteiger partial charge in [0.15, 0.2) is 0 Å². The predicted molar refractivity (Wildman–Crippen MR) is 29.6 cm³/mol. The summed E-state index contributed by atoms with van der Waals surface area (Å²) in [6.07, 6.45) is 3.34. The van der Waals surface area contributed by atoms with Crippen molar-refractivity contribution in [3.63, 3.8) is 0 Å². The minimum Gasteiger partial charge on any atom is -0.293 e. The van der Waals surface area contributed by atoms with Gasteiger partial charge in [-0.1, -0.05) is 0 Å². The van der Waals surface area contributed by atoms with Crippen LogP contribution >= 0.6 is 0 Å². The summed E-state index contributed by atoms with van der Waals surface area (Å²) < 4.78 is 0. The molecular weight excluding hydrogens is 90.1 g/mol. The first kappa shape index (κ1) is 4.30. The van der Waals surface area contributed by atoms with Crippen LogP contribution in [0.5, 0.6) is 0 Å². The molecule has 1 aliphatic heterocycles. The maximum absolute atomic E-state index is 3.84. The third-order valence-corrected chi connectivity index (χ3v) is 0.767. The lowest BCUT2D eigenvalue weighted by Gasteiger charge is -2.09. The van der Waals surface area contributed by atoms with Crippen molar-refractivity contribution in [3.05, 3.63) is 0 Å². The molecule has 7 heavy (non-hydrogen) atoms. The van der Waals surface area contributed by atoms with Crippen molar-refractivity contribution < 1.29 is 0 Å². The summed E-state index contributed by atoms with van der Waals surface area (Å²) in [5.41, 5.74) is 0. The van der Waals surface area contributed by atoms with E-state index in [0.717, 1.165) is 6.54 Å². The third-order valence-electron chi connectivity index (χ3n) is 0.767. The molecule has 38 valence electrons. The monoisotopic (exact) mass is 97.1 g/mol. The molecule has 0 N–H and O–H groups in total. The minimum absolute atomic E-state index is 0.830. The molecular formula is C4H7N3. The lowest BCUT2D eigenvalue weighted by Crippen LogP contribution is -2.16. The maximum Gasteiger partial charge on any atom is 0.135 e. The minimum atomic E-state index is 0.830. The Morgan fingerprint density at radius 1 is 1.71 bits per heavy atom. The van der Waals surface area contributed by atoms with Gasteiger partial charge in [-0.2, -0.15) is 5.10 Å². The zero-order valence-corrected chi connectivity index (χ0v) is 4.20. The van der Waals surface area contributed by atoms with E-state index in [9.17, 15) is 0 Å². The molecule has 1 aliphatic rings. The lowest BCUT2D eigenvalue weighted by atomic mass is 10.7. The highest BCUT2D eigenvalue weighted by atomic mass is 15.4. The molecule has 0 aromatic carbocycles. The fourth-order valence-corrected chi connectivity index (χ4v) is 0.378. The standard InChI is InChI=1S/C4H7N3/c1-7-3-2-5-4-6-7/h2,4H,3H2,1H3.